The normalized spacial score (nSPS) is 14.5. The SMILES string of the molecule is CC(C(=O)NC1CCCC1)N(Cc1ccc(Cl)cc1)C(=O)CN(c1cc(Cl)ccc1Cl)S(=O)(=O)c1ccccc1. The van der Waals surface area contributed by atoms with Crippen LogP contribution in [0.4, 0.5) is 5.69 Å². The summed E-state index contributed by atoms with van der Waals surface area (Å²) in [6, 6.07) is 18.3. The fourth-order valence-electron chi connectivity index (χ4n) is 4.67. The summed E-state index contributed by atoms with van der Waals surface area (Å²) in [6.45, 7) is 1.10. The second kappa shape index (κ2) is 13.3. The van der Waals surface area contributed by atoms with Crippen LogP contribution >= 0.6 is 34.8 Å². The van der Waals surface area contributed by atoms with Crippen molar-refractivity contribution in [3.63, 3.8) is 0 Å². The fraction of sp³-hybridized carbons (Fsp3) is 0.310. The molecule has 1 unspecified atom stereocenters. The standard InChI is InChI=1S/C29H30Cl3N3O4S/c1-20(29(37)33-24-7-5-6-8-24)34(18-21-11-13-22(30)14-12-21)28(36)19-35(27-17-23(31)15-16-26(27)32)40(38,39)25-9-3-2-4-10-25/h2-4,9-17,20,24H,5-8,18-19H2,1H3,(H,33,37). The summed E-state index contributed by atoms with van der Waals surface area (Å²) in [6.07, 6.45) is 3.86. The molecule has 0 bridgehead atoms. The Hall–Kier alpha value is -2.78. The Morgan fingerprint density at radius 3 is 2.20 bits per heavy atom. The van der Waals surface area contributed by atoms with E-state index in [0.29, 0.717) is 5.02 Å². The lowest BCUT2D eigenvalue weighted by atomic mass is 10.1. The minimum absolute atomic E-state index is 0.0184. The monoisotopic (exact) mass is 621 g/mol. The lowest BCUT2D eigenvalue weighted by Crippen LogP contribution is -2.52. The van der Waals surface area contributed by atoms with Gasteiger partial charge in [0.25, 0.3) is 10.0 Å². The van der Waals surface area contributed by atoms with Gasteiger partial charge in [0.1, 0.15) is 12.6 Å². The number of sulfonamides is 1. The van der Waals surface area contributed by atoms with Crippen LogP contribution in [0.25, 0.3) is 0 Å². The molecule has 1 aliphatic rings. The molecule has 1 saturated carbocycles. The number of rotatable bonds is 10. The van der Waals surface area contributed by atoms with Crippen LogP contribution < -0.4 is 9.62 Å². The van der Waals surface area contributed by atoms with E-state index < -0.39 is 28.5 Å². The van der Waals surface area contributed by atoms with Gasteiger partial charge >= 0.3 is 0 Å². The van der Waals surface area contributed by atoms with Gasteiger partial charge in [0.15, 0.2) is 0 Å². The summed E-state index contributed by atoms with van der Waals surface area (Å²) in [4.78, 5) is 28.6. The Kier molecular flexibility index (Phi) is 10.0. The topological polar surface area (TPSA) is 86.8 Å². The third kappa shape index (κ3) is 7.29. The summed E-state index contributed by atoms with van der Waals surface area (Å²) in [5.41, 5.74) is 0.789. The molecule has 1 aliphatic carbocycles. The van der Waals surface area contributed by atoms with Crippen LogP contribution in [0.1, 0.15) is 38.2 Å². The van der Waals surface area contributed by atoms with E-state index in [9.17, 15) is 18.0 Å². The van der Waals surface area contributed by atoms with Crippen LogP contribution in [0.5, 0.6) is 0 Å². The third-order valence-electron chi connectivity index (χ3n) is 6.92. The van der Waals surface area contributed by atoms with E-state index in [0.717, 1.165) is 35.6 Å². The molecule has 0 spiro atoms. The number of anilines is 1. The molecule has 0 radical (unpaired) electrons. The Balaban J connectivity index is 1.70. The number of nitrogens with one attached hydrogen (secondary N) is 1. The molecule has 7 nitrogen and oxygen atoms in total. The summed E-state index contributed by atoms with van der Waals surface area (Å²) in [5.74, 6) is -0.882. The van der Waals surface area contributed by atoms with E-state index in [-0.39, 0.29) is 39.1 Å². The molecule has 0 aromatic heterocycles. The Morgan fingerprint density at radius 1 is 0.925 bits per heavy atom. The van der Waals surface area contributed by atoms with E-state index in [1.807, 2.05) is 0 Å². The Bertz CT molecular complexity index is 1450. The first kappa shape index (κ1) is 30.2. The van der Waals surface area contributed by atoms with Gasteiger partial charge < -0.3 is 10.2 Å². The van der Waals surface area contributed by atoms with Crippen LogP contribution in [-0.4, -0.2) is 43.8 Å². The maximum Gasteiger partial charge on any atom is 0.264 e. The summed E-state index contributed by atoms with van der Waals surface area (Å²) in [5, 5.41) is 3.93. The largest absolute Gasteiger partial charge is 0.352 e. The van der Waals surface area contributed by atoms with Crippen molar-refractivity contribution in [3.8, 4) is 0 Å². The minimum atomic E-state index is -4.24. The first-order valence-electron chi connectivity index (χ1n) is 12.9. The van der Waals surface area contributed by atoms with E-state index in [4.69, 9.17) is 34.8 Å². The zero-order chi connectivity index (χ0) is 28.9. The maximum atomic E-state index is 14.0. The molecule has 11 heteroatoms. The van der Waals surface area contributed by atoms with Gasteiger partial charge in [-0.05, 0) is 67.8 Å². The molecule has 212 valence electrons. The first-order valence-corrected chi connectivity index (χ1v) is 15.5. The number of carbonyl (C=O) groups excluding carboxylic acids is 2. The lowest BCUT2D eigenvalue weighted by Gasteiger charge is -2.32. The zero-order valence-electron chi connectivity index (χ0n) is 21.9. The van der Waals surface area contributed by atoms with Crippen molar-refractivity contribution in [1.29, 1.82) is 0 Å². The van der Waals surface area contributed by atoms with Gasteiger partial charge in [0, 0.05) is 22.6 Å². The number of halogens is 3. The van der Waals surface area contributed by atoms with Crippen molar-refractivity contribution in [1.82, 2.24) is 10.2 Å². The Labute approximate surface area is 250 Å². The summed E-state index contributed by atoms with van der Waals surface area (Å²) >= 11 is 18.7. The van der Waals surface area contributed by atoms with Gasteiger partial charge in [-0.2, -0.15) is 0 Å². The maximum absolute atomic E-state index is 14.0. The molecule has 0 saturated heterocycles. The van der Waals surface area contributed by atoms with Gasteiger partial charge in [-0.15, -0.1) is 0 Å². The van der Waals surface area contributed by atoms with Crippen molar-refractivity contribution >= 4 is 62.3 Å². The molecule has 2 amide bonds. The van der Waals surface area contributed by atoms with Crippen LogP contribution in [-0.2, 0) is 26.2 Å². The van der Waals surface area contributed by atoms with Gasteiger partial charge in [-0.3, -0.25) is 13.9 Å². The number of benzene rings is 3. The highest BCUT2D eigenvalue weighted by atomic mass is 35.5. The van der Waals surface area contributed by atoms with Gasteiger partial charge in [-0.25, -0.2) is 8.42 Å². The summed E-state index contributed by atoms with van der Waals surface area (Å²) < 4.78 is 28.6. The average molecular weight is 623 g/mol. The van der Waals surface area contributed by atoms with E-state index >= 15 is 0 Å². The van der Waals surface area contributed by atoms with Crippen molar-refractivity contribution in [2.75, 3.05) is 10.8 Å². The quantitative estimate of drug-likeness (QED) is 0.287. The molecule has 3 aromatic carbocycles. The van der Waals surface area contributed by atoms with Crippen molar-refractivity contribution in [2.24, 2.45) is 0 Å². The van der Waals surface area contributed by atoms with Crippen LogP contribution in [0.3, 0.4) is 0 Å². The predicted octanol–water partition coefficient (Wildman–Crippen LogP) is 6.32. The highest BCUT2D eigenvalue weighted by Crippen LogP contribution is 2.33. The molecule has 3 aromatic rings. The minimum Gasteiger partial charge on any atom is -0.352 e. The van der Waals surface area contributed by atoms with Crippen LogP contribution in [0.15, 0.2) is 77.7 Å². The zero-order valence-corrected chi connectivity index (χ0v) is 25.0. The molecule has 40 heavy (non-hydrogen) atoms. The summed E-state index contributed by atoms with van der Waals surface area (Å²) in [7, 11) is -4.24. The number of hydrogen-bond acceptors (Lipinski definition) is 4. The molecule has 1 fully saturated rings. The molecule has 4 rings (SSSR count). The van der Waals surface area contributed by atoms with Crippen molar-refractivity contribution in [3.05, 3.63) is 93.4 Å². The van der Waals surface area contributed by atoms with E-state index in [1.54, 1.807) is 49.4 Å². The molecule has 0 heterocycles. The molecule has 1 N–H and O–H groups in total. The Morgan fingerprint density at radius 2 is 1.55 bits per heavy atom. The van der Waals surface area contributed by atoms with Gasteiger partial charge in [0.05, 0.1) is 15.6 Å². The number of amides is 2. The van der Waals surface area contributed by atoms with Gasteiger partial charge in [0.2, 0.25) is 11.8 Å². The first-order chi connectivity index (χ1) is 19.1. The average Bonchev–Trinajstić information content (AvgIpc) is 3.45. The highest BCUT2D eigenvalue weighted by molar-refractivity contribution is 7.92. The molecular formula is C29H30Cl3N3O4S. The van der Waals surface area contributed by atoms with Gasteiger partial charge in [-0.1, -0.05) is 78.0 Å². The number of nitrogens with zero attached hydrogens (tertiary/aromatic N) is 2. The molecule has 1 atom stereocenters. The third-order valence-corrected chi connectivity index (χ3v) is 9.50. The highest BCUT2D eigenvalue weighted by Gasteiger charge is 2.34. The second-order valence-corrected chi connectivity index (χ2v) is 12.9. The number of hydrogen-bond donors (Lipinski definition) is 1. The fourth-order valence-corrected chi connectivity index (χ4v) is 6.68. The van der Waals surface area contributed by atoms with E-state index in [2.05, 4.69) is 5.32 Å². The number of carbonyl (C=O) groups is 2. The molecular weight excluding hydrogens is 593 g/mol. The molecule has 0 aliphatic heterocycles. The van der Waals surface area contributed by atoms with Crippen molar-refractivity contribution < 1.29 is 18.0 Å². The van der Waals surface area contributed by atoms with Crippen molar-refractivity contribution in [2.45, 2.75) is 56.1 Å². The smallest absolute Gasteiger partial charge is 0.264 e. The van der Waals surface area contributed by atoms with E-state index in [1.165, 1.54) is 35.2 Å². The predicted molar refractivity (Wildman–Crippen MR) is 159 cm³/mol. The lowest BCUT2D eigenvalue weighted by molar-refractivity contribution is -0.139. The van der Waals surface area contributed by atoms with Crippen LogP contribution in [0.2, 0.25) is 15.1 Å². The van der Waals surface area contributed by atoms with Crippen LogP contribution in [0, 0.1) is 0 Å². The second-order valence-electron chi connectivity index (χ2n) is 9.73.